The lowest BCUT2D eigenvalue weighted by molar-refractivity contribution is -0.649. The summed E-state index contributed by atoms with van der Waals surface area (Å²) in [6.07, 6.45) is 5.44. The molecule has 0 bridgehead atoms. The van der Waals surface area contributed by atoms with E-state index in [-0.39, 0.29) is 12.1 Å². The Morgan fingerprint density at radius 3 is 2.27 bits per heavy atom. The predicted molar refractivity (Wildman–Crippen MR) is 192 cm³/mol. The second-order valence-electron chi connectivity index (χ2n) is 13.9. The van der Waals surface area contributed by atoms with Gasteiger partial charge in [0.05, 0.1) is 34.8 Å². The number of hydrogen-bond acceptors (Lipinski definition) is 3. The van der Waals surface area contributed by atoms with Crippen molar-refractivity contribution in [3.05, 3.63) is 127 Å². The van der Waals surface area contributed by atoms with Crippen molar-refractivity contribution in [1.82, 2.24) is 14.1 Å². The zero-order valence-corrected chi connectivity index (χ0v) is 27.2. The summed E-state index contributed by atoms with van der Waals surface area (Å²) in [6, 6.07) is 38.4. The van der Waals surface area contributed by atoms with Crippen LogP contribution < -0.4 is 30.4 Å². The molecule has 230 valence electrons. The summed E-state index contributed by atoms with van der Waals surface area (Å²) >= 11 is 0. The number of imidazole rings is 1. The van der Waals surface area contributed by atoms with Crippen molar-refractivity contribution >= 4 is 55.9 Å². The van der Waals surface area contributed by atoms with Crippen LogP contribution in [0.2, 0.25) is 0 Å². The van der Waals surface area contributed by atoms with E-state index in [4.69, 9.17) is 14.5 Å². The Labute approximate surface area is 278 Å². The van der Waals surface area contributed by atoms with E-state index >= 15 is 0 Å². The molecule has 0 radical (unpaired) electrons. The third-order valence-electron chi connectivity index (χ3n) is 10.0. The second kappa shape index (κ2) is 9.61. The quantitative estimate of drug-likeness (QED) is 0.122. The standard InChI is InChI=1S/C41H31BN4O2/c1-41(2,3)25-18-19-43-39(20-25)46-31-11-6-5-10-27(31)28-22-38-30(23-34(28)46)42-29-21-26(45-24-44(4)32-12-7-8-13-33(32)45)16-17-35(29)47-36-14-9-15-37(48-38)40(36)42/h5-23H,1-4H3. The number of pyridine rings is 1. The van der Waals surface area contributed by atoms with E-state index in [0.29, 0.717) is 0 Å². The van der Waals surface area contributed by atoms with Gasteiger partial charge in [0, 0.05) is 22.4 Å². The molecule has 0 atom stereocenters. The van der Waals surface area contributed by atoms with Crippen LogP contribution in [-0.2, 0) is 12.5 Å². The number of nitrogens with zero attached hydrogens (tertiary/aromatic N) is 4. The summed E-state index contributed by atoms with van der Waals surface area (Å²) in [5, 5.41) is 2.30. The normalized spacial score (nSPS) is 13.3. The fourth-order valence-electron chi connectivity index (χ4n) is 7.67. The van der Waals surface area contributed by atoms with Gasteiger partial charge in [0.2, 0.25) is 6.33 Å². The molecule has 3 aromatic heterocycles. The van der Waals surface area contributed by atoms with Crippen LogP contribution in [0.5, 0.6) is 23.0 Å². The number of benzene rings is 5. The van der Waals surface area contributed by atoms with Gasteiger partial charge < -0.3 is 18.6 Å². The maximum absolute atomic E-state index is 6.73. The van der Waals surface area contributed by atoms with Crippen LogP contribution in [0.4, 0.5) is 0 Å². The Morgan fingerprint density at radius 2 is 1.44 bits per heavy atom. The van der Waals surface area contributed by atoms with E-state index in [1.807, 2.05) is 29.9 Å². The maximum atomic E-state index is 6.73. The summed E-state index contributed by atoms with van der Waals surface area (Å²) < 4.78 is 19.8. The molecule has 0 N–H and O–H groups in total. The van der Waals surface area contributed by atoms with E-state index in [9.17, 15) is 0 Å². The van der Waals surface area contributed by atoms with Gasteiger partial charge in [-0.25, -0.2) is 4.98 Å². The van der Waals surface area contributed by atoms with Gasteiger partial charge in [-0.15, -0.1) is 0 Å². The molecule has 0 spiro atoms. The molecule has 8 aromatic rings. The van der Waals surface area contributed by atoms with E-state index in [0.717, 1.165) is 78.3 Å². The van der Waals surface area contributed by atoms with Crippen LogP contribution in [0.3, 0.4) is 0 Å². The van der Waals surface area contributed by atoms with Gasteiger partial charge in [-0.1, -0.05) is 81.4 Å². The number of hydrogen-bond donors (Lipinski definition) is 0. The minimum absolute atomic E-state index is 0.00734. The molecule has 0 aliphatic carbocycles. The zero-order valence-electron chi connectivity index (χ0n) is 27.2. The van der Waals surface area contributed by atoms with Crippen LogP contribution >= 0.6 is 0 Å². The fraction of sp³-hybridized carbons (Fsp3) is 0.122. The Bertz CT molecular complexity index is 2650. The largest absolute Gasteiger partial charge is 0.458 e. The van der Waals surface area contributed by atoms with Crippen molar-refractivity contribution in [2.45, 2.75) is 26.2 Å². The SMILES string of the molecule is C[n+]1[c-]n(-c2ccc3c(c2)B2c4cc5c(cc4Oc4cccc(c42)O3)c2ccccc2n5-c2cc(C(C)(C)C)ccn2)c2ccccc21. The Hall–Kier alpha value is -5.82. The Balaban J connectivity index is 1.24. The highest BCUT2D eigenvalue weighted by Gasteiger charge is 2.40. The fourth-order valence-corrected chi connectivity index (χ4v) is 7.67. The lowest BCUT2D eigenvalue weighted by Crippen LogP contribution is -2.57. The van der Waals surface area contributed by atoms with Gasteiger partial charge in [-0.2, -0.15) is 0 Å². The topological polar surface area (TPSA) is 45.1 Å². The zero-order chi connectivity index (χ0) is 32.3. The highest BCUT2D eigenvalue weighted by atomic mass is 16.5. The maximum Gasteiger partial charge on any atom is 0.259 e. The molecule has 48 heavy (non-hydrogen) atoms. The molecular formula is C41H31BN4O2. The van der Waals surface area contributed by atoms with Gasteiger partial charge >= 0.3 is 0 Å². The number of para-hydroxylation sites is 3. The van der Waals surface area contributed by atoms with Crippen LogP contribution in [0.1, 0.15) is 26.3 Å². The van der Waals surface area contributed by atoms with Gasteiger partial charge in [0.1, 0.15) is 28.8 Å². The number of aryl methyl sites for hydroxylation is 1. The Morgan fingerprint density at radius 1 is 0.688 bits per heavy atom. The van der Waals surface area contributed by atoms with Crippen LogP contribution in [-0.4, -0.2) is 20.8 Å². The predicted octanol–water partition coefficient (Wildman–Crippen LogP) is 6.77. The molecule has 0 saturated carbocycles. The van der Waals surface area contributed by atoms with Crippen LogP contribution in [0.25, 0.3) is 44.3 Å². The number of rotatable bonds is 2. The molecule has 0 amide bonds. The van der Waals surface area contributed by atoms with E-state index in [2.05, 4.69) is 133 Å². The third-order valence-corrected chi connectivity index (χ3v) is 10.0. The summed E-state index contributed by atoms with van der Waals surface area (Å²) in [4.78, 5) is 4.92. The van der Waals surface area contributed by atoms with Gasteiger partial charge in [0.25, 0.3) is 6.71 Å². The monoisotopic (exact) mass is 622 g/mol. The molecule has 0 fully saturated rings. The molecule has 10 rings (SSSR count). The molecule has 0 saturated heterocycles. The van der Waals surface area contributed by atoms with Gasteiger partial charge in [0.15, 0.2) is 0 Å². The van der Waals surface area contributed by atoms with E-state index in [1.54, 1.807) is 0 Å². The van der Waals surface area contributed by atoms with Crippen molar-refractivity contribution in [2.24, 2.45) is 7.05 Å². The van der Waals surface area contributed by atoms with Crippen LogP contribution in [0, 0.1) is 6.33 Å². The number of aromatic nitrogens is 4. The van der Waals surface area contributed by atoms with Gasteiger partial charge in [-0.3, -0.25) is 4.57 Å². The first-order valence-electron chi connectivity index (χ1n) is 16.4. The highest BCUT2D eigenvalue weighted by Crippen LogP contribution is 2.39. The minimum atomic E-state index is -0.0936. The third kappa shape index (κ3) is 3.81. The number of fused-ring (bicyclic) bond motifs is 8. The first-order valence-corrected chi connectivity index (χ1v) is 16.4. The molecule has 2 aliphatic rings. The van der Waals surface area contributed by atoms with E-state index < -0.39 is 0 Å². The minimum Gasteiger partial charge on any atom is -0.458 e. The second-order valence-corrected chi connectivity index (χ2v) is 13.9. The average Bonchev–Trinajstić information content (AvgIpc) is 3.61. The average molecular weight is 623 g/mol. The van der Waals surface area contributed by atoms with Gasteiger partial charge in [-0.05, 0) is 70.4 Å². The van der Waals surface area contributed by atoms with Crippen molar-refractivity contribution < 1.29 is 14.0 Å². The van der Waals surface area contributed by atoms with E-state index in [1.165, 1.54) is 10.9 Å². The molecular weight excluding hydrogens is 591 g/mol. The molecule has 7 heteroatoms. The lowest BCUT2D eigenvalue weighted by atomic mass is 9.35. The molecule has 6 nitrogen and oxygen atoms in total. The van der Waals surface area contributed by atoms with Crippen molar-refractivity contribution in [1.29, 1.82) is 0 Å². The molecule has 5 heterocycles. The lowest BCUT2D eigenvalue weighted by Gasteiger charge is -2.33. The number of ether oxygens (including phenoxy) is 2. The van der Waals surface area contributed by atoms with Crippen LogP contribution in [0.15, 0.2) is 115 Å². The summed E-state index contributed by atoms with van der Waals surface area (Å²) in [5.74, 6) is 4.27. The van der Waals surface area contributed by atoms with Crippen molar-refractivity contribution in [3.8, 4) is 34.5 Å². The molecule has 2 aliphatic heterocycles. The molecule has 5 aromatic carbocycles. The van der Waals surface area contributed by atoms with Crippen molar-refractivity contribution in [3.63, 3.8) is 0 Å². The smallest absolute Gasteiger partial charge is 0.259 e. The first kappa shape index (κ1) is 27.3. The summed E-state index contributed by atoms with van der Waals surface area (Å²) in [5.41, 5.74) is 9.95. The summed E-state index contributed by atoms with van der Waals surface area (Å²) in [7, 11) is 2.04. The first-order chi connectivity index (χ1) is 23.3. The summed E-state index contributed by atoms with van der Waals surface area (Å²) in [6.45, 7) is 6.63. The Kier molecular flexibility index (Phi) is 5.47. The highest BCUT2D eigenvalue weighted by molar-refractivity contribution is 6.98. The molecule has 0 unspecified atom stereocenters. The van der Waals surface area contributed by atoms with Crippen molar-refractivity contribution in [2.75, 3.05) is 0 Å².